The second-order valence-electron chi connectivity index (χ2n) is 6.59. The van der Waals surface area contributed by atoms with Gasteiger partial charge in [-0.25, -0.2) is 0 Å². The fourth-order valence-electron chi connectivity index (χ4n) is 3.19. The zero-order valence-corrected chi connectivity index (χ0v) is 14.4. The van der Waals surface area contributed by atoms with Gasteiger partial charge >= 0.3 is 0 Å². The van der Waals surface area contributed by atoms with E-state index in [1.165, 1.54) is 0 Å². The minimum Gasteiger partial charge on any atom is -0.503 e. The molecule has 1 aliphatic heterocycles. The highest BCUT2D eigenvalue weighted by Gasteiger charge is 2.18. The number of pyridine rings is 1. The lowest BCUT2D eigenvalue weighted by Crippen LogP contribution is -2.44. The van der Waals surface area contributed by atoms with Gasteiger partial charge in [-0.05, 0) is 19.5 Å². The van der Waals surface area contributed by atoms with Gasteiger partial charge < -0.3 is 14.6 Å². The van der Waals surface area contributed by atoms with E-state index in [-0.39, 0.29) is 17.2 Å². The van der Waals surface area contributed by atoms with Gasteiger partial charge in [-0.15, -0.1) is 0 Å². The molecule has 5 heteroatoms. The summed E-state index contributed by atoms with van der Waals surface area (Å²) in [5.41, 5.74) is 1.79. The first-order chi connectivity index (χ1) is 11.5. The molecular formula is C19H25N3O2. The highest BCUT2D eigenvalue weighted by Crippen LogP contribution is 2.22. The third-order valence-electron chi connectivity index (χ3n) is 4.82. The molecule has 2 heterocycles. The number of likely N-dealkylation sites (N-methyl/N-ethyl adjacent to an activating group) is 1. The van der Waals surface area contributed by atoms with E-state index in [0.717, 1.165) is 44.0 Å². The van der Waals surface area contributed by atoms with E-state index in [9.17, 15) is 9.90 Å². The van der Waals surface area contributed by atoms with Crippen molar-refractivity contribution in [3.05, 3.63) is 64.1 Å². The van der Waals surface area contributed by atoms with Gasteiger partial charge in [0.2, 0.25) is 5.43 Å². The maximum absolute atomic E-state index is 12.0. The molecule has 3 rings (SSSR count). The number of nitrogens with zero attached hydrogens (tertiary/aromatic N) is 3. The van der Waals surface area contributed by atoms with Crippen LogP contribution >= 0.6 is 0 Å². The summed E-state index contributed by atoms with van der Waals surface area (Å²) in [6.45, 7) is 6.87. The van der Waals surface area contributed by atoms with Crippen molar-refractivity contribution in [1.82, 2.24) is 14.4 Å². The number of hydrogen-bond donors (Lipinski definition) is 1. The third-order valence-corrected chi connectivity index (χ3v) is 4.82. The van der Waals surface area contributed by atoms with Crippen molar-refractivity contribution in [3.8, 4) is 5.75 Å². The van der Waals surface area contributed by atoms with E-state index in [2.05, 4.69) is 35.9 Å². The lowest BCUT2D eigenvalue weighted by molar-refractivity contribution is 0.145. The molecule has 0 bridgehead atoms. The van der Waals surface area contributed by atoms with Crippen LogP contribution < -0.4 is 5.43 Å². The second-order valence-corrected chi connectivity index (χ2v) is 6.59. The number of aromatic nitrogens is 1. The Balaban J connectivity index is 1.90. The fraction of sp³-hybridized carbons (Fsp3) is 0.421. The van der Waals surface area contributed by atoms with Gasteiger partial charge in [0, 0.05) is 44.5 Å². The Morgan fingerprint density at radius 3 is 2.46 bits per heavy atom. The highest BCUT2D eigenvalue weighted by molar-refractivity contribution is 5.26. The summed E-state index contributed by atoms with van der Waals surface area (Å²) in [6, 6.07) is 11.8. The molecule has 1 fully saturated rings. The van der Waals surface area contributed by atoms with Gasteiger partial charge in [0.25, 0.3) is 0 Å². The van der Waals surface area contributed by atoms with Crippen LogP contribution in [0, 0.1) is 0 Å². The molecule has 1 saturated heterocycles. The maximum atomic E-state index is 12.0. The molecule has 0 aliphatic carbocycles. The van der Waals surface area contributed by atoms with Gasteiger partial charge in [-0.3, -0.25) is 9.69 Å². The maximum Gasteiger partial charge on any atom is 0.223 e. The van der Waals surface area contributed by atoms with Crippen LogP contribution in [-0.4, -0.2) is 52.7 Å². The van der Waals surface area contributed by atoms with E-state index in [1.54, 1.807) is 12.3 Å². The van der Waals surface area contributed by atoms with Crippen LogP contribution in [-0.2, 0) is 6.54 Å². The van der Waals surface area contributed by atoms with Crippen molar-refractivity contribution in [2.24, 2.45) is 0 Å². The van der Waals surface area contributed by atoms with Crippen LogP contribution in [0.25, 0.3) is 0 Å². The number of hydrogen-bond acceptors (Lipinski definition) is 4. The summed E-state index contributed by atoms with van der Waals surface area (Å²) >= 11 is 0. The molecular weight excluding hydrogens is 302 g/mol. The monoisotopic (exact) mass is 327 g/mol. The van der Waals surface area contributed by atoms with E-state index in [1.807, 2.05) is 22.8 Å². The Labute approximate surface area is 142 Å². The van der Waals surface area contributed by atoms with E-state index >= 15 is 0 Å². The topological polar surface area (TPSA) is 48.7 Å². The number of rotatable bonds is 4. The molecule has 1 atom stereocenters. The molecule has 1 unspecified atom stereocenters. The molecule has 1 aromatic carbocycles. The van der Waals surface area contributed by atoms with Crippen molar-refractivity contribution in [1.29, 1.82) is 0 Å². The summed E-state index contributed by atoms with van der Waals surface area (Å²) in [4.78, 5) is 16.6. The van der Waals surface area contributed by atoms with Crippen molar-refractivity contribution in [3.63, 3.8) is 0 Å². The first-order valence-electron chi connectivity index (χ1n) is 8.44. The molecule has 0 radical (unpaired) electrons. The average molecular weight is 327 g/mol. The predicted molar refractivity (Wildman–Crippen MR) is 95.4 cm³/mol. The largest absolute Gasteiger partial charge is 0.503 e. The van der Waals surface area contributed by atoms with Gasteiger partial charge in [0.15, 0.2) is 5.75 Å². The van der Waals surface area contributed by atoms with Crippen molar-refractivity contribution in [2.75, 3.05) is 33.2 Å². The normalized spacial score (nSPS) is 17.8. The molecule has 0 saturated carbocycles. The van der Waals surface area contributed by atoms with Gasteiger partial charge in [0.05, 0.1) is 12.2 Å². The summed E-state index contributed by atoms with van der Waals surface area (Å²) in [6.07, 6.45) is 1.57. The first kappa shape index (κ1) is 16.7. The molecule has 0 spiro atoms. The number of piperazine rings is 1. The lowest BCUT2D eigenvalue weighted by atomic mass is 10.1. The fourth-order valence-corrected chi connectivity index (χ4v) is 3.19. The van der Waals surface area contributed by atoms with Crippen LogP contribution in [0.3, 0.4) is 0 Å². The molecule has 128 valence electrons. The van der Waals surface area contributed by atoms with Crippen molar-refractivity contribution >= 4 is 0 Å². The number of benzene rings is 1. The standard InChI is InChI=1S/C19H25N3O2/c1-15(16-6-4-3-5-7-16)22-14-19(24)18(23)12-17(22)13-21-10-8-20(2)9-11-21/h3-7,12,14-15,24H,8-11,13H2,1-2H3. The molecule has 0 amide bonds. The van der Waals surface area contributed by atoms with Crippen LogP contribution in [0.1, 0.15) is 24.2 Å². The smallest absolute Gasteiger partial charge is 0.223 e. The zero-order chi connectivity index (χ0) is 17.1. The Bertz CT molecular complexity index is 734. The van der Waals surface area contributed by atoms with Crippen molar-refractivity contribution in [2.45, 2.75) is 19.5 Å². The van der Waals surface area contributed by atoms with Crippen molar-refractivity contribution < 1.29 is 5.11 Å². The summed E-state index contributed by atoms with van der Waals surface area (Å²) in [7, 11) is 2.13. The van der Waals surface area contributed by atoms with Crippen LogP contribution in [0.5, 0.6) is 5.75 Å². The Hall–Kier alpha value is -2.11. The van der Waals surface area contributed by atoms with E-state index in [0.29, 0.717) is 0 Å². The van der Waals surface area contributed by atoms with Gasteiger partial charge in [-0.2, -0.15) is 0 Å². The van der Waals surface area contributed by atoms with Crippen LogP contribution in [0.4, 0.5) is 0 Å². The molecule has 2 aromatic rings. The zero-order valence-electron chi connectivity index (χ0n) is 14.4. The average Bonchev–Trinajstić information content (AvgIpc) is 2.60. The van der Waals surface area contributed by atoms with E-state index < -0.39 is 0 Å². The molecule has 1 aliphatic rings. The second kappa shape index (κ2) is 7.20. The van der Waals surface area contributed by atoms with Gasteiger partial charge in [-0.1, -0.05) is 30.3 Å². The molecule has 5 nitrogen and oxygen atoms in total. The summed E-state index contributed by atoms with van der Waals surface area (Å²) in [5.74, 6) is -0.195. The van der Waals surface area contributed by atoms with Gasteiger partial charge in [0.1, 0.15) is 0 Å². The number of aromatic hydroxyl groups is 1. The van der Waals surface area contributed by atoms with E-state index in [4.69, 9.17) is 0 Å². The minimum atomic E-state index is -0.310. The molecule has 1 N–H and O–H groups in total. The summed E-state index contributed by atoms with van der Waals surface area (Å²) in [5, 5.41) is 9.91. The molecule has 1 aromatic heterocycles. The lowest BCUT2D eigenvalue weighted by Gasteiger charge is -2.33. The van der Waals surface area contributed by atoms with Crippen LogP contribution in [0.15, 0.2) is 47.4 Å². The SMILES string of the molecule is CC(c1ccccc1)n1cc(O)c(=O)cc1CN1CCN(C)CC1. The molecule has 24 heavy (non-hydrogen) atoms. The Morgan fingerprint density at radius 1 is 1.12 bits per heavy atom. The highest BCUT2D eigenvalue weighted by atomic mass is 16.3. The minimum absolute atomic E-state index is 0.0557. The summed E-state index contributed by atoms with van der Waals surface area (Å²) < 4.78 is 2.02. The quantitative estimate of drug-likeness (QED) is 0.932. The Morgan fingerprint density at radius 2 is 1.79 bits per heavy atom. The predicted octanol–water partition coefficient (Wildman–Crippen LogP) is 1.91. The Kier molecular flexibility index (Phi) is 5.02. The third kappa shape index (κ3) is 3.68. The van der Waals surface area contributed by atoms with Crippen LogP contribution in [0.2, 0.25) is 0 Å². The first-order valence-corrected chi connectivity index (χ1v) is 8.44.